The molecule has 2 atom stereocenters. The highest BCUT2D eigenvalue weighted by atomic mass is 32.2. The minimum Gasteiger partial charge on any atom is -0.342 e. The Labute approximate surface area is 113 Å². The van der Waals surface area contributed by atoms with Crippen molar-refractivity contribution in [2.45, 2.75) is 44.7 Å². The van der Waals surface area contributed by atoms with Gasteiger partial charge in [0, 0.05) is 6.54 Å². The van der Waals surface area contributed by atoms with Crippen molar-refractivity contribution < 1.29 is 9.59 Å². The number of amides is 2. The van der Waals surface area contributed by atoms with Crippen LogP contribution in [0.4, 0.5) is 0 Å². The van der Waals surface area contributed by atoms with Gasteiger partial charge >= 0.3 is 0 Å². The molecule has 1 saturated carbocycles. The van der Waals surface area contributed by atoms with Crippen LogP contribution in [0.2, 0.25) is 0 Å². The number of carbonyl (C=O) groups excluding carboxylic acids is 2. The van der Waals surface area contributed by atoms with E-state index in [0.717, 1.165) is 38.0 Å². The van der Waals surface area contributed by atoms with Crippen molar-refractivity contribution in [1.82, 2.24) is 10.2 Å². The van der Waals surface area contributed by atoms with Crippen molar-refractivity contribution in [3.63, 3.8) is 0 Å². The molecule has 2 amide bonds. The zero-order valence-corrected chi connectivity index (χ0v) is 12.0. The Morgan fingerprint density at radius 2 is 2.06 bits per heavy atom. The lowest BCUT2D eigenvalue weighted by molar-refractivity contribution is -0.149. The van der Waals surface area contributed by atoms with E-state index in [1.165, 1.54) is 0 Å². The van der Waals surface area contributed by atoms with Crippen LogP contribution in [0.3, 0.4) is 0 Å². The summed E-state index contributed by atoms with van der Waals surface area (Å²) in [5.74, 6) is 1.65. The zero-order chi connectivity index (χ0) is 13.1. The highest BCUT2D eigenvalue weighted by Gasteiger charge is 2.45. The molecule has 0 spiro atoms. The van der Waals surface area contributed by atoms with Crippen LogP contribution in [0.1, 0.15) is 32.6 Å². The monoisotopic (exact) mass is 270 g/mol. The van der Waals surface area contributed by atoms with Gasteiger partial charge < -0.3 is 10.2 Å². The molecule has 1 aliphatic carbocycles. The SMILES string of the molecule is CSCCCCN1C(=O)C(C2CC2)NC(=O)C1C. The quantitative estimate of drug-likeness (QED) is 0.739. The highest BCUT2D eigenvalue weighted by Crippen LogP contribution is 2.35. The summed E-state index contributed by atoms with van der Waals surface area (Å²) in [7, 11) is 0. The van der Waals surface area contributed by atoms with Crippen LogP contribution in [-0.4, -0.2) is 47.4 Å². The van der Waals surface area contributed by atoms with Crippen LogP contribution < -0.4 is 5.32 Å². The van der Waals surface area contributed by atoms with E-state index >= 15 is 0 Å². The summed E-state index contributed by atoms with van der Waals surface area (Å²) < 4.78 is 0. The molecule has 0 aromatic rings. The van der Waals surface area contributed by atoms with Crippen molar-refractivity contribution in [3.8, 4) is 0 Å². The first-order chi connectivity index (χ1) is 8.65. The number of nitrogens with one attached hydrogen (secondary N) is 1. The van der Waals surface area contributed by atoms with Gasteiger partial charge in [-0.05, 0) is 50.5 Å². The molecule has 2 fully saturated rings. The van der Waals surface area contributed by atoms with Crippen LogP contribution in [0.25, 0.3) is 0 Å². The second kappa shape index (κ2) is 5.95. The molecule has 1 saturated heterocycles. The van der Waals surface area contributed by atoms with Crippen molar-refractivity contribution in [2.75, 3.05) is 18.6 Å². The van der Waals surface area contributed by atoms with E-state index in [4.69, 9.17) is 0 Å². The normalized spacial score (nSPS) is 28.4. The first kappa shape index (κ1) is 13.7. The van der Waals surface area contributed by atoms with E-state index in [1.807, 2.05) is 18.7 Å². The number of nitrogens with zero attached hydrogens (tertiary/aromatic N) is 1. The van der Waals surface area contributed by atoms with Gasteiger partial charge in [-0.15, -0.1) is 0 Å². The lowest BCUT2D eigenvalue weighted by Crippen LogP contribution is -2.63. The molecule has 0 aromatic heterocycles. The molecule has 2 aliphatic rings. The van der Waals surface area contributed by atoms with Gasteiger partial charge in [-0.1, -0.05) is 0 Å². The summed E-state index contributed by atoms with van der Waals surface area (Å²) in [4.78, 5) is 26.0. The van der Waals surface area contributed by atoms with Gasteiger partial charge in [0.2, 0.25) is 11.8 Å². The topological polar surface area (TPSA) is 49.4 Å². The molecular weight excluding hydrogens is 248 g/mol. The summed E-state index contributed by atoms with van der Waals surface area (Å²) in [6.07, 6.45) is 6.33. The van der Waals surface area contributed by atoms with Crippen molar-refractivity contribution in [1.29, 1.82) is 0 Å². The van der Waals surface area contributed by atoms with Crippen LogP contribution in [0, 0.1) is 5.92 Å². The standard InChI is InChI=1S/C13H22N2O2S/c1-9-12(16)14-11(10-5-6-10)13(17)15(9)7-3-4-8-18-2/h9-11H,3-8H2,1-2H3,(H,14,16). The smallest absolute Gasteiger partial charge is 0.246 e. The number of piperazine rings is 1. The molecular formula is C13H22N2O2S. The maximum Gasteiger partial charge on any atom is 0.246 e. The number of unbranched alkanes of at least 4 members (excludes halogenated alkanes) is 1. The second-order valence-corrected chi connectivity index (χ2v) is 6.22. The molecule has 0 bridgehead atoms. The van der Waals surface area contributed by atoms with Gasteiger partial charge in [0.05, 0.1) is 0 Å². The summed E-state index contributed by atoms with van der Waals surface area (Å²) in [5.41, 5.74) is 0. The molecule has 2 unspecified atom stereocenters. The van der Waals surface area contributed by atoms with Gasteiger partial charge in [0.25, 0.3) is 0 Å². The fourth-order valence-electron chi connectivity index (χ4n) is 2.43. The Morgan fingerprint density at radius 3 is 2.67 bits per heavy atom. The lowest BCUT2D eigenvalue weighted by atomic mass is 10.0. The van der Waals surface area contributed by atoms with Gasteiger partial charge in [0.1, 0.15) is 12.1 Å². The van der Waals surface area contributed by atoms with Crippen molar-refractivity contribution >= 4 is 23.6 Å². The minimum absolute atomic E-state index is 0.0105. The number of rotatable bonds is 6. The molecule has 1 N–H and O–H groups in total. The highest BCUT2D eigenvalue weighted by molar-refractivity contribution is 7.98. The fourth-order valence-corrected chi connectivity index (χ4v) is 2.92. The average Bonchev–Trinajstić information content (AvgIpc) is 3.17. The molecule has 4 nitrogen and oxygen atoms in total. The maximum atomic E-state index is 12.3. The van der Waals surface area contributed by atoms with Crippen LogP contribution >= 0.6 is 11.8 Å². The number of hydrogen-bond donors (Lipinski definition) is 1. The maximum absolute atomic E-state index is 12.3. The summed E-state index contributed by atoms with van der Waals surface area (Å²) in [6.45, 7) is 2.54. The summed E-state index contributed by atoms with van der Waals surface area (Å²) >= 11 is 1.82. The van der Waals surface area contributed by atoms with Crippen LogP contribution in [-0.2, 0) is 9.59 Å². The second-order valence-electron chi connectivity index (χ2n) is 5.23. The molecule has 18 heavy (non-hydrogen) atoms. The third-order valence-corrected chi connectivity index (χ3v) is 4.48. The molecule has 0 aromatic carbocycles. The summed E-state index contributed by atoms with van der Waals surface area (Å²) in [5, 5.41) is 2.88. The van der Waals surface area contributed by atoms with Gasteiger partial charge in [0.15, 0.2) is 0 Å². The van der Waals surface area contributed by atoms with Gasteiger partial charge in [-0.25, -0.2) is 0 Å². The number of carbonyl (C=O) groups is 2. The lowest BCUT2D eigenvalue weighted by Gasteiger charge is -2.37. The fraction of sp³-hybridized carbons (Fsp3) is 0.846. The predicted octanol–water partition coefficient (Wildman–Crippen LogP) is 1.26. The average molecular weight is 270 g/mol. The van der Waals surface area contributed by atoms with Crippen LogP contribution in [0.5, 0.6) is 0 Å². The number of thioether (sulfide) groups is 1. The van der Waals surface area contributed by atoms with Crippen molar-refractivity contribution in [2.24, 2.45) is 5.92 Å². The Kier molecular flexibility index (Phi) is 4.54. The van der Waals surface area contributed by atoms with E-state index in [-0.39, 0.29) is 23.9 Å². The van der Waals surface area contributed by atoms with Gasteiger partial charge in [-0.2, -0.15) is 11.8 Å². The van der Waals surface area contributed by atoms with E-state index in [0.29, 0.717) is 5.92 Å². The molecule has 0 radical (unpaired) electrons. The molecule has 2 rings (SSSR count). The molecule has 1 aliphatic heterocycles. The van der Waals surface area contributed by atoms with E-state index in [1.54, 1.807) is 4.90 Å². The third kappa shape index (κ3) is 2.99. The zero-order valence-electron chi connectivity index (χ0n) is 11.1. The predicted molar refractivity (Wildman–Crippen MR) is 73.4 cm³/mol. The summed E-state index contributed by atoms with van der Waals surface area (Å²) in [6, 6.07) is -0.545. The molecule has 1 heterocycles. The number of hydrogen-bond acceptors (Lipinski definition) is 3. The molecule has 102 valence electrons. The van der Waals surface area contributed by atoms with Crippen LogP contribution in [0.15, 0.2) is 0 Å². The Balaban J connectivity index is 1.91. The third-order valence-electron chi connectivity index (χ3n) is 3.78. The van der Waals surface area contributed by atoms with E-state index < -0.39 is 0 Å². The Morgan fingerprint density at radius 1 is 1.33 bits per heavy atom. The Bertz CT molecular complexity index is 331. The van der Waals surface area contributed by atoms with E-state index in [9.17, 15) is 9.59 Å². The largest absolute Gasteiger partial charge is 0.342 e. The molecule has 5 heteroatoms. The van der Waals surface area contributed by atoms with E-state index in [2.05, 4.69) is 11.6 Å². The minimum atomic E-state index is -0.304. The van der Waals surface area contributed by atoms with Gasteiger partial charge in [-0.3, -0.25) is 9.59 Å². The first-order valence-electron chi connectivity index (χ1n) is 6.75. The Hall–Kier alpha value is -0.710. The van der Waals surface area contributed by atoms with Crippen molar-refractivity contribution in [3.05, 3.63) is 0 Å². The first-order valence-corrected chi connectivity index (χ1v) is 8.14.